The van der Waals surface area contributed by atoms with Crippen LogP contribution in [0.3, 0.4) is 0 Å². The molecule has 1 saturated heterocycles. The van der Waals surface area contributed by atoms with E-state index in [4.69, 9.17) is 0 Å². The zero-order valence-electron chi connectivity index (χ0n) is 12.9. The summed E-state index contributed by atoms with van der Waals surface area (Å²) in [5, 5.41) is 6.90. The summed E-state index contributed by atoms with van der Waals surface area (Å²) >= 11 is 0. The lowest BCUT2D eigenvalue weighted by molar-refractivity contribution is 0.0770. The summed E-state index contributed by atoms with van der Waals surface area (Å²) in [7, 11) is 1.81. The summed E-state index contributed by atoms with van der Waals surface area (Å²) in [6.07, 6.45) is 2.54. The highest BCUT2D eigenvalue weighted by Gasteiger charge is 2.23. The van der Waals surface area contributed by atoms with Crippen LogP contribution in [-0.2, 0) is 5.41 Å². The second-order valence-corrected chi connectivity index (χ2v) is 6.53. The van der Waals surface area contributed by atoms with E-state index < -0.39 is 0 Å². The molecule has 2 rings (SSSR count). The maximum atomic E-state index is 12.3. The summed E-state index contributed by atoms with van der Waals surface area (Å²) < 4.78 is 0. The molecule has 1 aliphatic rings. The van der Waals surface area contributed by atoms with Gasteiger partial charge in [-0.1, -0.05) is 20.8 Å². The Labute approximate surface area is 120 Å². The van der Waals surface area contributed by atoms with Crippen molar-refractivity contribution in [3.05, 3.63) is 11.6 Å². The monoisotopic (exact) mass is 279 g/mol. The fourth-order valence-corrected chi connectivity index (χ4v) is 2.26. The van der Waals surface area contributed by atoms with Gasteiger partial charge in [-0.25, -0.2) is 4.98 Å². The third-order valence-corrected chi connectivity index (χ3v) is 3.68. The molecule has 6 nitrogen and oxygen atoms in total. The molecular weight excluding hydrogens is 254 g/mol. The number of likely N-dealkylation sites (tertiary alicyclic amines) is 1. The standard InChI is InChI=1S/C14H25N5O/c1-14(2,3)13-15-11(16-17-13)12(20)18(4)9-10-19-7-5-6-8-19/h5-10H2,1-4H3,(H,15,16,17). The molecular formula is C14H25N5O. The highest BCUT2D eigenvalue weighted by molar-refractivity contribution is 5.90. The third kappa shape index (κ3) is 3.56. The van der Waals surface area contributed by atoms with Gasteiger partial charge in [0.25, 0.3) is 5.91 Å². The molecule has 1 fully saturated rings. The van der Waals surface area contributed by atoms with Crippen LogP contribution in [0, 0.1) is 0 Å². The van der Waals surface area contributed by atoms with Gasteiger partial charge in [-0.05, 0) is 25.9 Å². The summed E-state index contributed by atoms with van der Waals surface area (Å²) in [5.74, 6) is 0.892. The molecule has 0 atom stereocenters. The second-order valence-electron chi connectivity index (χ2n) is 6.53. The number of rotatable bonds is 4. The SMILES string of the molecule is CN(CCN1CCCC1)C(=O)c1n[nH]c(C(C)(C)C)n1. The maximum absolute atomic E-state index is 12.3. The average Bonchev–Trinajstić information content (AvgIpc) is 3.04. The molecule has 0 saturated carbocycles. The lowest BCUT2D eigenvalue weighted by atomic mass is 9.96. The molecule has 1 amide bonds. The first kappa shape index (κ1) is 15.0. The van der Waals surface area contributed by atoms with Crippen molar-refractivity contribution in [2.24, 2.45) is 0 Å². The second kappa shape index (κ2) is 5.91. The molecule has 2 heterocycles. The van der Waals surface area contributed by atoms with Crippen LogP contribution in [0.2, 0.25) is 0 Å². The molecule has 1 aromatic heterocycles. The first-order valence-electron chi connectivity index (χ1n) is 7.28. The molecule has 1 aliphatic heterocycles. The number of nitrogens with one attached hydrogen (secondary N) is 1. The lowest BCUT2D eigenvalue weighted by Crippen LogP contribution is -2.35. The molecule has 0 unspecified atom stereocenters. The maximum Gasteiger partial charge on any atom is 0.293 e. The highest BCUT2D eigenvalue weighted by Crippen LogP contribution is 2.17. The van der Waals surface area contributed by atoms with Gasteiger partial charge in [0.15, 0.2) is 0 Å². The molecule has 1 N–H and O–H groups in total. The summed E-state index contributed by atoms with van der Waals surface area (Å²) in [5.41, 5.74) is -0.125. The molecule has 0 aliphatic carbocycles. The third-order valence-electron chi connectivity index (χ3n) is 3.68. The lowest BCUT2D eigenvalue weighted by Gasteiger charge is -2.20. The predicted molar refractivity (Wildman–Crippen MR) is 77.7 cm³/mol. The number of aromatic nitrogens is 3. The van der Waals surface area contributed by atoms with E-state index in [1.807, 2.05) is 27.8 Å². The van der Waals surface area contributed by atoms with E-state index in [0.717, 1.165) is 32.0 Å². The number of likely N-dealkylation sites (N-methyl/N-ethyl adjacent to an activating group) is 1. The Morgan fingerprint density at radius 1 is 1.35 bits per heavy atom. The van der Waals surface area contributed by atoms with Gasteiger partial charge in [0.2, 0.25) is 5.82 Å². The van der Waals surface area contributed by atoms with Crippen LogP contribution in [-0.4, -0.2) is 64.1 Å². The van der Waals surface area contributed by atoms with Gasteiger partial charge in [0.05, 0.1) is 0 Å². The summed E-state index contributed by atoms with van der Waals surface area (Å²) in [6.45, 7) is 10.1. The molecule has 0 radical (unpaired) electrons. The van der Waals surface area contributed by atoms with E-state index in [0.29, 0.717) is 0 Å². The minimum absolute atomic E-state index is 0.115. The topological polar surface area (TPSA) is 65.1 Å². The largest absolute Gasteiger partial charge is 0.338 e. The first-order valence-corrected chi connectivity index (χ1v) is 7.28. The Kier molecular flexibility index (Phi) is 4.42. The fourth-order valence-electron chi connectivity index (χ4n) is 2.26. The number of carbonyl (C=O) groups excluding carboxylic acids is 1. The van der Waals surface area contributed by atoms with Crippen molar-refractivity contribution in [1.82, 2.24) is 25.0 Å². The minimum atomic E-state index is -0.125. The normalized spacial score (nSPS) is 16.6. The number of H-pyrrole nitrogens is 1. The molecule has 20 heavy (non-hydrogen) atoms. The average molecular weight is 279 g/mol. The van der Waals surface area contributed by atoms with Crippen molar-refractivity contribution in [3.8, 4) is 0 Å². The minimum Gasteiger partial charge on any atom is -0.338 e. The van der Waals surface area contributed by atoms with E-state index in [1.54, 1.807) is 4.90 Å². The van der Waals surface area contributed by atoms with E-state index in [2.05, 4.69) is 20.1 Å². The van der Waals surface area contributed by atoms with Crippen molar-refractivity contribution >= 4 is 5.91 Å². The van der Waals surface area contributed by atoms with E-state index in [1.165, 1.54) is 12.8 Å². The highest BCUT2D eigenvalue weighted by atomic mass is 16.2. The predicted octanol–water partition coefficient (Wildman–Crippen LogP) is 1.27. The van der Waals surface area contributed by atoms with Crippen LogP contribution < -0.4 is 0 Å². The quantitative estimate of drug-likeness (QED) is 0.901. The molecule has 6 heteroatoms. The fraction of sp³-hybridized carbons (Fsp3) is 0.786. The van der Waals surface area contributed by atoms with Gasteiger partial charge in [-0.3, -0.25) is 9.89 Å². The number of nitrogens with zero attached hydrogens (tertiary/aromatic N) is 4. The van der Waals surface area contributed by atoms with Crippen molar-refractivity contribution in [1.29, 1.82) is 0 Å². The van der Waals surface area contributed by atoms with Crippen LogP contribution in [0.25, 0.3) is 0 Å². The zero-order chi connectivity index (χ0) is 14.8. The van der Waals surface area contributed by atoms with Gasteiger partial charge in [0, 0.05) is 25.6 Å². The summed E-state index contributed by atoms with van der Waals surface area (Å²) in [4.78, 5) is 20.7. The van der Waals surface area contributed by atoms with Crippen LogP contribution >= 0.6 is 0 Å². The van der Waals surface area contributed by atoms with Crippen molar-refractivity contribution in [2.75, 3.05) is 33.2 Å². The Morgan fingerprint density at radius 3 is 2.55 bits per heavy atom. The Morgan fingerprint density at radius 2 is 2.00 bits per heavy atom. The van der Waals surface area contributed by atoms with Gasteiger partial charge in [-0.2, -0.15) is 0 Å². The van der Waals surface area contributed by atoms with Crippen molar-refractivity contribution in [3.63, 3.8) is 0 Å². The van der Waals surface area contributed by atoms with Gasteiger partial charge in [0.1, 0.15) is 5.82 Å². The van der Waals surface area contributed by atoms with Crippen LogP contribution in [0.15, 0.2) is 0 Å². The Bertz CT molecular complexity index is 456. The number of hydrogen-bond donors (Lipinski definition) is 1. The van der Waals surface area contributed by atoms with Crippen molar-refractivity contribution < 1.29 is 4.79 Å². The van der Waals surface area contributed by atoms with Gasteiger partial charge in [-0.15, -0.1) is 5.10 Å². The van der Waals surface area contributed by atoms with Crippen LogP contribution in [0.4, 0.5) is 0 Å². The Hall–Kier alpha value is -1.43. The molecule has 112 valence electrons. The van der Waals surface area contributed by atoms with E-state index in [-0.39, 0.29) is 17.1 Å². The summed E-state index contributed by atoms with van der Waals surface area (Å²) in [6, 6.07) is 0. The van der Waals surface area contributed by atoms with E-state index in [9.17, 15) is 4.79 Å². The number of carbonyl (C=O) groups is 1. The molecule has 1 aromatic rings. The van der Waals surface area contributed by atoms with Crippen molar-refractivity contribution in [2.45, 2.75) is 39.0 Å². The van der Waals surface area contributed by atoms with E-state index >= 15 is 0 Å². The van der Waals surface area contributed by atoms with Gasteiger partial charge < -0.3 is 9.80 Å². The number of hydrogen-bond acceptors (Lipinski definition) is 4. The Balaban J connectivity index is 1.90. The van der Waals surface area contributed by atoms with Crippen LogP contribution in [0.5, 0.6) is 0 Å². The first-order chi connectivity index (χ1) is 9.38. The smallest absolute Gasteiger partial charge is 0.293 e. The van der Waals surface area contributed by atoms with Gasteiger partial charge >= 0.3 is 0 Å². The zero-order valence-corrected chi connectivity index (χ0v) is 12.9. The molecule has 0 spiro atoms. The van der Waals surface area contributed by atoms with Crippen LogP contribution in [0.1, 0.15) is 50.1 Å². The molecule has 0 bridgehead atoms. The molecule has 0 aromatic carbocycles. The number of aromatic amines is 1. The number of amides is 1.